The summed E-state index contributed by atoms with van der Waals surface area (Å²) in [6, 6.07) is 17.8. The number of hydrogen-bond acceptors (Lipinski definition) is 3. The lowest BCUT2D eigenvalue weighted by molar-refractivity contribution is 1.15. The molecule has 3 nitrogen and oxygen atoms in total. The van der Waals surface area contributed by atoms with Crippen molar-refractivity contribution in [2.24, 2.45) is 0 Å². The van der Waals surface area contributed by atoms with Gasteiger partial charge in [-0.15, -0.1) is 0 Å². The Morgan fingerprint density at radius 3 is 2.67 bits per heavy atom. The van der Waals surface area contributed by atoms with Crippen molar-refractivity contribution in [3.63, 3.8) is 0 Å². The fraction of sp³-hybridized carbons (Fsp3) is 0.0588. The summed E-state index contributed by atoms with van der Waals surface area (Å²) in [6.45, 7) is 0.709. The van der Waals surface area contributed by atoms with Gasteiger partial charge < -0.3 is 5.32 Å². The van der Waals surface area contributed by atoms with Gasteiger partial charge in [0.25, 0.3) is 0 Å². The number of nitrogens with zero attached hydrogens (tertiary/aromatic N) is 2. The third-order valence-electron chi connectivity index (χ3n) is 3.27. The number of anilines is 1. The lowest BCUT2D eigenvalue weighted by Crippen LogP contribution is -2.00. The third-order valence-corrected chi connectivity index (χ3v) is 3.76. The average molecular weight is 338 g/mol. The van der Waals surface area contributed by atoms with Crippen LogP contribution in [0.15, 0.2) is 59.2 Å². The van der Waals surface area contributed by atoms with Gasteiger partial charge in [-0.05, 0) is 42.0 Å². The Hall–Kier alpha value is -2.38. The molecule has 1 heterocycles. The van der Waals surface area contributed by atoms with E-state index in [9.17, 15) is 0 Å². The van der Waals surface area contributed by atoms with Gasteiger partial charge in [0.05, 0.1) is 17.1 Å². The van der Waals surface area contributed by atoms with E-state index in [1.165, 1.54) is 0 Å². The molecule has 3 rings (SSSR count). The number of benzene rings is 2. The van der Waals surface area contributed by atoms with E-state index in [0.29, 0.717) is 12.1 Å². The minimum absolute atomic E-state index is 0.679. The Morgan fingerprint density at radius 1 is 1.10 bits per heavy atom. The standard InChI is InChI=1S/C17H12BrN3/c18-14-5-6-15-16(7-8-20-17(15)9-14)21-11-13-3-1-12(10-19)2-4-13/h1-9H,11H2,(H,20,21). The molecule has 0 radical (unpaired) electrons. The molecular formula is C17H12BrN3. The van der Waals surface area contributed by atoms with Crippen LogP contribution in [0.4, 0.5) is 5.69 Å². The highest BCUT2D eigenvalue weighted by Gasteiger charge is 2.02. The Labute approximate surface area is 131 Å². The van der Waals surface area contributed by atoms with E-state index in [1.807, 2.05) is 48.5 Å². The highest BCUT2D eigenvalue weighted by molar-refractivity contribution is 9.10. The summed E-state index contributed by atoms with van der Waals surface area (Å²) >= 11 is 3.46. The predicted octanol–water partition coefficient (Wildman–Crippen LogP) is 4.48. The number of halogens is 1. The molecule has 0 unspecified atom stereocenters. The lowest BCUT2D eigenvalue weighted by Gasteiger charge is -2.09. The summed E-state index contributed by atoms with van der Waals surface area (Å²) in [5.74, 6) is 0. The number of fused-ring (bicyclic) bond motifs is 1. The van der Waals surface area contributed by atoms with Crippen molar-refractivity contribution in [2.45, 2.75) is 6.54 Å². The second-order valence-electron chi connectivity index (χ2n) is 4.68. The molecule has 3 aromatic rings. The van der Waals surface area contributed by atoms with Crippen LogP contribution in [0.2, 0.25) is 0 Å². The van der Waals surface area contributed by atoms with E-state index in [-0.39, 0.29) is 0 Å². The van der Waals surface area contributed by atoms with Crippen LogP contribution in [0.1, 0.15) is 11.1 Å². The van der Waals surface area contributed by atoms with Gasteiger partial charge in [-0.1, -0.05) is 28.1 Å². The molecule has 21 heavy (non-hydrogen) atoms. The minimum Gasteiger partial charge on any atom is -0.380 e. The number of nitrogens with one attached hydrogen (secondary N) is 1. The van der Waals surface area contributed by atoms with Crippen molar-refractivity contribution in [1.29, 1.82) is 5.26 Å². The molecule has 0 fully saturated rings. The highest BCUT2D eigenvalue weighted by atomic mass is 79.9. The first-order chi connectivity index (χ1) is 10.3. The fourth-order valence-corrected chi connectivity index (χ4v) is 2.52. The molecule has 2 aromatic carbocycles. The summed E-state index contributed by atoms with van der Waals surface area (Å²) in [7, 11) is 0. The molecule has 0 saturated carbocycles. The van der Waals surface area contributed by atoms with E-state index in [4.69, 9.17) is 5.26 Å². The number of nitriles is 1. The van der Waals surface area contributed by atoms with E-state index < -0.39 is 0 Å². The smallest absolute Gasteiger partial charge is 0.0991 e. The van der Waals surface area contributed by atoms with Crippen molar-refractivity contribution in [1.82, 2.24) is 4.98 Å². The van der Waals surface area contributed by atoms with E-state index in [2.05, 4.69) is 32.3 Å². The van der Waals surface area contributed by atoms with Crippen molar-refractivity contribution in [3.8, 4) is 6.07 Å². The first-order valence-electron chi connectivity index (χ1n) is 6.53. The molecule has 0 aliphatic heterocycles. The van der Waals surface area contributed by atoms with Crippen LogP contribution < -0.4 is 5.32 Å². The summed E-state index contributed by atoms with van der Waals surface area (Å²) in [4.78, 5) is 4.37. The molecule has 102 valence electrons. The van der Waals surface area contributed by atoms with Crippen LogP contribution >= 0.6 is 15.9 Å². The predicted molar refractivity (Wildman–Crippen MR) is 87.9 cm³/mol. The van der Waals surface area contributed by atoms with Crippen LogP contribution in [0.5, 0.6) is 0 Å². The van der Waals surface area contributed by atoms with Crippen molar-refractivity contribution >= 4 is 32.5 Å². The van der Waals surface area contributed by atoms with Crippen molar-refractivity contribution < 1.29 is 0 Å². The third kappa shape index (κ3) is 3.04. The molecule has 0 spiro atoms. The molecule has 0 aliphatic rings. The van der Waals surface area contributed by atoms with Crippen LogP contribution in [0, 0.1) is 11.3 Å². The Bertz CT molecular complexity index is 820. The quantitative estimate of drug-likeness (QED) is 0.766. The zero-order valence-corrected chi connectivity index (χ0v) is 12.8. The number of aromatic nitrogens is 1. The second-order valence-corrected chi connectivity index (χ2v) is 5.60. The van der Waals surface area contributed by atoms with Crippen molar-refractivity contribution in [2.75, 3.05) is 5.32 Å². The van der Waals surface area contributed by atoms with E-state index >= 15 is 0 Å². The molecular weight excluding hydrogens is 326 g/mol. The Kier molecular flexibility index (Phi) is 3.85. The van der Waals surface area contributed by atoms with Crippen LogP contribution in [-0.4, -0.2) is 4.98 Å². The van der Waals surface area contributed by atoms with Gasteiger partial charge in [0.2, 0.25) is 0 Å². The van der Waals surface area contributed by atoms with Crippen LogP contribution in [0.25, 0.3) is 10.9 Å². The highest BCUT2D eigenvalue weighted by Crippen LogP contribution is 2.25. The number of pyridine rings is 1. The summed E-state index contributed by atoms with van der Waals surface area (Å²) in [6.07, 6.45) is 1.80. The zero-order chi connectivity index (χ0) is 14.7. The van der Waals surface area contributed by atoms with Gasteiger partial charge in [0.1, 0.15) is 0 Å². The molecule has 1 N–H and O–H groups in total. The largest absolute Gasteiger partial charge is 0.380 e. The Morgan fingerprint density at radius 2 is 1.90 bits per heavy atom. The van der Waals surface area contributed by atoms with Gasteiger partial charge in [-0.2, -0.15) is 5.26 Å². The van der Waals surface area contributed by atoms with Crippen LogP contribution in [-0.2, 0) is 6.54 Å². The molecule has 0 amide bonds. The zero-order valence-electron chi connectivity index (χ0n) is 11.2. The maximum atomic E-state index is 8.80. The number of rotatable bonds is 3. The van der Waals surface area contributed by atoms with Crippen molar-refractivity contribution in [3.05, 3.63) is 70.3 Å². The molecule has 4 heteroatoms. The lowest BCUT2D eigenvalue weighted by atomic mass is 10.1. The average Bonchev–Trinajstić information content (AvgIpc) is 2.53. The van der Waals surface area contributed by atoms with Gasteiger partial charge in [-0.3, -0.25) is 4.98 Å². The first-order valence-corrected chi connectivity index (χ1v) is 7.33. The first kappa shape index (κ1) is 13.6. The van der Waals surface area contributed by atoms with Crippen LogP contribution in [0.3, 0.4) is 0 Å². The SMILES string of the molecule is N#Cc1ccc(CNc2ccnc3cc(Br)ccc23)cc1. The minimum atomic E-state index is 0.679. The summed E-state index contributed by atoms with van der Waals surface area (Å²) < 4.78 is 1.02. The molecule has 0 aliphatic carbocycles. The van der Waals surface area contributed by atoms with E-state index in [1.54, 1.807) is 6.20 Å². The molecule has 0 saturated heterocycles. The second kappa shape index (κ2) is 5.94. The molecule has 0 bridgehead atoms. The van der Waals surface area contributed by atoms with Gasteiger partial charge in [0, 0.05) is 28.3 Å². The number of hydrogen-bond donors (Lipinski definition) is 1. The van der Waals surface area contributed by atoms with Gasteiger partial charge >= 0.3 is 0 Å². The molecule has 0 atom stereocenters. The fourth-order valence-electron chi connectivity index (χ4n) is 2.17. The maximum absolute atomic E-state index is 8.80. The summed E-state index contributed by atoms with van der Waals surface area (Å²) in [5.41, 5.74) is 3.82. The van der Waals surface area contributed by atoms with Gasteiger partial charge in [0.15, 0.2) is 0 Å². The molecule has 1 aromatic heterocycles. The maximum Gasteiger partial charge on any atom is 0.0991 e. The topological polar surface area (TPSA) is 48.7 Å². The normalized spacial score (nSPS) is 10.3. The van der Waals surface area contributed by atoms with Gasteiger partial charge in [-0.25, -0.2) is 0 Å². The summed E-state index contributed by atoms with van der Waals surface area (Å²) in [5, 5.41) is 13.3. The van der Waals surface area contributed by atoms with E-state index in [0.717, 1.165) is 26.6 Å². The Balaban J connectivity index is 1.83. The monoisotopic (exact) mass is 337 g/mol.